The van der Waals surface area contributed by atoms with Crippen LogP contribution in [-0.4, -0.2) is 23.9 Å². The molecule has 1 heterocycles. The highest BCUT2D eigenvalue weighted by molar-refractivity contribution is 5.08. The van der Waals surface area contributed by atoms with Crippen molar-refractivity contribution in [2.45, 2.75) is 44.8 Å². The molecule has 1 N–H and O–H groups in total. The van der Waals surface area contributed by atoms with Gasteiger partial charge in [0.1, 0.15) is 0 Å². The Morgan fingerprint density at radius 1 is 1.67 bits per heavy atom. The normalized spacial score (nSPS) is 29.7. The summed E-state index contributed by atoms with van der Waals surface area (Å²) in [5, 5.41) is 8.64. The van der Waals surface area contributed by atoms with E-state index in [-0.39, 0.29) is 12.7 Å². The van der Waals surface area contributed by atoms with Crippen molar-refractivity contribution in [2.24, 2.45) is 0 Å². The van der Waals surface area contributed by atoms with Gasteiger partial charge in [0.25, 0.3) is 0 Å². The smallest absolute Gasteiger partial charge is 0.0784 e. The maximum Gasteiger partial charge on any atom is 0.0784 e. The van der Waals surface area contributed by atoms with E-state index in [1.165, 1.54) is 5.57 Å². The van der Waals surface area contributed by atoms with Gasteiger partial charge in [-0.25, -0.2) is 0 Å². The lowest BCUT2D eigenvalue weighted by molar-refractivity contribution is 0.0418. The van der Waals surface area contributed by atoms with Crippen molar-refractivity contribution in [1.29, 1.82) is 0 Å². The summed E-state index contributed by atoms with van der Waals surface area (Å²) in [7, 11) is 0. The second-order valence-electron chi connectivity index (χ2n) is 3.38. The monoisotopic (exact) mass is 170 g/mol. The summed E-state index contributed by atoms with van der Waals surface area (Å²) in [5.74, 6) is 0. The summed E-state index contributed by atoms with van der Waals surface area (Å²) in [6.07, 6.45) is 4.40. The van der Waals surface area contributed by atoms with E-state index >= 15 is 0 Å². The lowest BCUT2D eigenvalue weighted by atomic mass is 10.1. The van der Waals surface area contributed by atoms with Gasteiger partial charge >= 0.3 is 0 Å². The first-order valence-electron chi connectivity index (χ1n) is 4.72. The molecule has 0 spiro atoms. The molecular weight excluding hydrogens is 152 g/mol. The molecule has 0 aromatic rings. The van der Waals surface area contributed by atoms with Crippen LogP contribution in [0.4, 0.5) is 0 Å². The molecule has 1 saturated heterocycles. The number of aliphatic hydroxyl groups is 1. The molecule has 0 saturated carbocycles. The van der Waals surface area contributed by atoms with Gasteiger partial charge in [-0.1, -0.05) is 13.5 Å². The Hall–Kier alpha value is -0.340. The summed E-state index contributed by atoms with van der Waals surface area (Å²) in [6, 6.07) is 0. The van der Waals surface area contributed by atoms with E-state index in [4.69, 9.17) is 9.84 Å². The van der Waals surface area contributed by atoms with Crippen LogP contribution in [-0.2, 0) is 4.74 Å². The largest absolute Gasteiger partial charge is 0.396 e. The Kier molecular flexibility index (Phi) is 3.76. The van der Waals surface area contributed by atoms with E-state index in [0.717, 1.165) is 25.7 Å². The third kappa shape index (κ3) is 2.32. The molecule has 0 radical (unpaired) electrons. The van der Waals surface area contributed by atoms with Crippen molar-refractivity contribution in [3.8, 4) is 0 Å². The number of hydrogen-bond donors (Lipinski definition) is 1. The molecule has 1 aliphatic heterocycles. The Labute approximate surface area is 74.2 Å². The molecule has 70 valence electrons. The molecule has 0 aromatic heterocycles. The van der Waals surface area contributed by atoms with E-state index in [9.17, 15) is 0 Å². The highest BCUT2D eigenvalue weighted by Gasteiger charge is 2.26. The Morgan fingerprint density at radius 2 is 2.42 bits per heavy atom. The van der Waals surface area contributed by atoms with Gasteiger partial charge < -0.3 is 9.84 Å². The maximum atomic E-state index is 8.64. The number of ether oxygens (including phenoxy) is 1. The first kappa shape index (κ1) is 9.75. The van der Waals surface area contributed by atoms with Gasteiger partial charge in [-0.2, -0.15) is 0 Å². The van der Waals surface area contributed by atoms with Crippen LogP contribution in [0.3, 0.4) is 0 Å². The van der Waals surface area contributed by atoms with Crippen LogP contribution in [0.5, 0.6) is 0 Å². The van der Waals surface area contributed by atoms with Crippen LogP contribution in [0, 0.1) is 0 Å². The van der Waals surface area contributed by atoms with Crippen LogP contribution < -0.4 is 0 Å². The van der Waals surface area contributed by atoms with Crippen LogP contribution in [0.25, 0.3) is 0 Å². The van der Waals surface area contributed by atoms with Crippen molar-refractivity contribution in [3.63, 3.8) is 0 Å². The quantitative estimate of drug-likeness (QED) is 0.653. The van der Waals surface area contributed by atoms with E-state index in [1.54, 1.807) is 0 Å². The van der Waals surface area contributed by atoms with E-state index in [2.05, 4.69) is 13.5 Å². The van der Waals surface area contributed by atoms with Crippen LogP contribution in [0.1, 0.15) is 32.6 Å². The molecule has 2 atom stereocenters. The minimum atomic E-state index is 0.267. The van der Waals surface area contributed by atoms with Crippen molar-refractivity contribution >= 4 is 0 Å². The molecule has 1 fully saturated rings. The molecule has 1 aliphatic rings. The lowest BCUT2D eigenvalue weighted by Crippen LogP contribution is -2.10. The molecule has 1 unspecified atom stereocenters. The minimum absolute atomic E-state index is 0.267. The predicted octanol–water partition coefficient (Wildman–Crippen LogP) is 1.88. The van der Waals surface area contributed by atoms with Crippen molar-refractivity contribution in [2.75, 3.05) is 6.61 Å². The van der Waals surface area contributed by atoms with E-state index in [1.807, 2.05) is 0 Å². The zero-order valence-electron chi connectivity index (χ0n) is 7.75. The summed E-state index contributed by atoms with van der Waals surface area (Å²) < 4.78 is 5.71. The Bertz CT molecular complexity index is 154. The third-order valence-electron chi connectivity index (χ3n) is 2.36. The number of aliphatic hydroxyl groups excluding tert-OH is 1. The fourth-order valence-electron chi connectivity index (χ4n) is 1.67. The molecule has 2 nitrogen and oxygen atoms in total. The highest BCUT2D eigenvalue weighted by atomic mass is 16.5. The second kappa shape index (κ2) is 4.63. The molecule has 1 rings (SSSR count). The highest BCUT2D eigenvalue weighted by Crippen LogP contribution is 2.28. The van der Waals surface area contributed by atoms with Gasteiger partial charge in [0.05, 0.1) is 12.2 Å². The standard InChI is InChI=1S/C10H18O2/c1-3-10-8(2)7-9(12-10)5-4-6-11/h9-11H,2-7H2,1H3/t9?,10-/m0/s1. The first-order valence-corrected chi connectivity index (χ1v) is 4.72. The van der Waals surface area contributed by atoms with Gasteiger partial charge in [-0.3, -0.25) is 0 Å². The maximum absolute atomic E-state index is 8.64. The third-order valence-corrected chi connectivity index (χ3v) is 2.36. The molecule has 0 amide bonds. The number of hydrogen-bond acceptors (Lipinski definition) is 2. The molecule has 0 bridgehead atoms. The average Bonchev–Trinajstić information content (AvgIpc) is 2.43. The summed E-state index contributed by atoms with van der Waals surface area (Å²) in [4.78, 5) is 0. The lowest BCUT2D eigenvalue weighted by Gasteiger charge is -2.10. The van der Waals surface area contributed by atoms with Crippen LogP contribution >= 0.6 is 0 Å². The van der Waals surface area contributed by atoms with Crippen molar-refractivity contribution in [3.05, 3.63) is 12.2 Å². The summed E-state index contributed by atoms with van der Waals surface area (Å²) in [6.45, 7) is 6.36. The van der Waals surface area contributed by atoms with Gasteiger partial charge in [-0.15, -0.1) is 0 Å². The van der Waals surface area contributed by atoms with E-state index < -0.39 is 0 Å². The van der Waals surface area contributed by atoms with Crippen LogP contribution in [0.2, 0.25) is 0 Å². The fourth-order valence-corrected chi connectivity index (χ4v) is 1.67. The minimum Gasteiger partial charge on any atom is -0.396 e. The Balaban J connectivity index is 2.28. The molecule has 2 heteroatoms. The molecule has 0 aromatic carbocycles. The second-order valence-corrected chi connectivity index (χ2v) is 3.38. The van der Waals surface area contributed by atoms with Crippen LogP contribution in [0.15, 0.2) is 12.2 Å². The fraction of sp³-hybridized carbons (Fsp3) is 0.800. The molecule has 0 aliphatic carbocycles. The Morgan fingerprint density at radius 3 is 2.92 bits per heavy atom. The SMILES string of the molecule is C=C1CC(CCCO)O[C@H]1CC. The summed E-state index contributed by atoms with van der Waals surface area (Å²) >= 11 is 0. The number of rotatable bonds is 4. The molecular formula is C10H18O2. The first-order chi connectivity index (χ1) is 5.77. The topological polar surface area (TPSA) is 29.5 Å². The summed E-state index contributed by atoms with van der Waals surface area (Å²) in [5.41, 5.74) is 1.22. The zero-order valence-corrected chi connectivity index (χ0v) is 7.75. The van der Waals surface area contributed by atoms with Gasteiger partial charge in [-0.05, 0) is 31.3 Å². The van der Waals surface area contributed by atoms with Gasteiger partial charge in [0, 0.05) is 6.61 Å². The van der Waals surface area contributed by atoms with Gasteiger partial charge in [0.15, 0.2) is 0 Å². The van der Waals surface area contributed by atoms with Gasteiger partial charge in [0.2, 0.25) is 0 Å². The van der Waals surface area contributed by atoms with Crippen molar-refractivity contribution < 1.29 is 9.84 Å². The van der Waals surface area contributed by atoms with Crippen molar-refractivity contribution in [1.82, 2.24) is 0 Å². The zero-order chi connectivity index (χ0) is 8.97. The predicted molar refractivity (Wildman–Crippen MR) is 49.0 cm³/mol. The molecule has 12 heavy (non-hydrogen) atoms. The van der Waals surface area contributed by atoms with E-state index in [0.29, 0.717) is 6.10 Å². The average molecular weight is 170 g/mol.